The van der Waals surface area contributed by atoms with Crippen LogP contribution in [0.25, 0.3) is 10.2 Å². The Hall–Kier alpha value is -2.41. The van der Waals surface area contributed by atoms with E-state index >= 15 is 0 Å². The molecular weight excluding hydrogens is 324 g/mol. The van der Waals surface area contributed by atoms with E-state index in [2.05, 4.69) is 16.9 Å². The summed E-state index contributed by atoms with van der Waals surface area (Å²) in [6.45, 7) is 4.89. The number of aromatic nitrogens is 1. The van der Waals surface area contributed by atoms with Gasteiger partial charge in [0.15, 0.2) is 5.13 Å². The molecule has 124 valence electrons. The second-order valence-electron chi connectivity index (χ2n) is 6.55. The highest BCUT2D eigenvalue weighted by atomic mass is 32.1. The van der Waals surface area contributed by atoms with Crippen LogP contribution in [0.5, 0.6) is 0 Å². The fourth-order valence-electron chi connectivity index (χ4n) is 3.55. The minimum atomic E-state index is -0.462. The van der Waals surface area contributed by atoms with E-state index in [4.69, 9.17) is 5.73 Å². The number of nitrogen functional groups attached to an aromatic ring is 1. The molecule has 24 heavy (non-hydrogen) atoms. The summed E-state index contributed by atoms with van der Waals surface area (Å²) < 4.78 is 0.902. The van der Waals surface area contributed by atoms with Crippen LogP contribution in [-0.2, 0) is 4.79 Å². The van der Waals surface area contributed by atoms with Crippen LogP contribution < -0.4 is 11.1 Å². The summed E-state index contributed by atoms with van der Waals surface area (Å²) in [6, 6.07) is 5.43. The second-order valence-corrected chi connectivity index (χ2v) is 7.61. The number of anilines is 1. The minimum Gasteiger partial charge on any atom is -0.375 e. The third kappa shape index (κ3) is 2.36. The fourth-order valence-corrected chi connectivity index (χ4v) is 4.33. The molecule has 7 heteroatoms. The highest BCUT2D eigenvalue weighted by Gasteiger charge is 2.47. The third-order valence-electron chi connectivity index (χ3n) is 4.97. The molecule has 3 heterocycles. The van der Waals surface area contributed by atoms with E-state index in [9.17, 15) is 9.59 Å². The molecule has 2 amide bonds. The number of rotatable bonds is 1. The number of nitrogens with two attached hydrogens (primary N) is 1. The van der Waals surface area contributed by atoms with Crippen molar-refractivity contribution in [2.24, 2.45) is 5.41 Å². The van der Waals surface area contributed by atoms with Gasteiger partial charge in [0.05, 0.1) is 15.6 Å². The maximum absolute atomic E-state index is 12.8. The summed E-state index contributed by atoms with van der Waals surface area (Å²) >= 11 is 1.37. The number of amides is 2. The first kappa shape index (κ1) is 15.1. The van der Waals surface area contributed by atoms with Crippen LogP contribution >= 0.6 is 11.3 Å². The number of benzene rings is 1. The first-order valence-corrected chi connectivity index (χ1v) is 8.73. The van der Waals surface area contributed by atoms with E-state index in [1.54, 1.807) is 11.0 Å². The van der Waals surface area contributed by atoms with Gasteiger partial charge in [0, 0.05) is 24.4 Å². The zero-order chi connectivity index (χ0) is 16.9. The van der Waals surface area contributed by atoms with Crippen molar-refractivity contribution in [3.63, 3.8) is 0 Å². The van der Waals surface area contributed by atoms with Crippen molar-refractivity contribution < 1.29 is 9.59 Å². The number of thiazole rings is 1. The first-order valence-electron chi connectivity index (χ1n) is 7.91. The molecule has 2 aliphatic heterocycles. The van der Waals surface area contributed by atoms with Crippen molar-refractivity contribution >= 4 is 38.5 Å². The van der Waals surface area contributed by atoms with Crippen molar-refractivity contribution in [3.8, 4) is 0 Å². The van der Waals surface area contributed by atoms with Crippen LogP contribution in [0.2, 0.25) is 0 Å². The topological polar surface area (TPSA) is 88.3 Å². The van der Waals surface area contributed by atoms with Crippen molar-refractivity contribution in [1.82, 2.24) is 15.2 Å². The van der Waals surface area contributed by atoms with E-state index in [-0.39, 0.29) is 11.8 Å². The molecule has 3 N–H and O–H groups in total. The zero-order valence-electron chi connectivity index (χ0n) is 13.2. The quantitative estimate of drug-likeness (QED) is 0.831. The Morgan fingerprint density at radius 2 is 2.25 bits per heavy atom. The SMILES string of the molecule is C=C1CCC2(CCN(C(=O)c3ccc4nc(N)sc4c3)C2)C(=O)N1. The molecule has 2 saturated heterocycles. The Bertz CT molecular complexity index is 875. The molecule has 0 bridgehead atoms. The van der Waals surface area contributed by atoms with Crippen LogP contribution in [0.3, 0.4) is 0 Å². The number of hydrogen-bond donors (Lipinski definition) is 2. The zero-order valence-corrected chi connectivity index (χ0v) is 14.0. The van der Waals surface area contributed by atoms with E-state index in [1.165, 1.54) is 11.3 Å². The molecule has 0 saturated carbocycles. The fraction of sp³-hybridized carbons (Fsp3) is 0.353. The lowest BCUT2D eigenvalue weighted by atomic mass is 9.78. The standard InChI is InChI=1S/C17H18N4O2S/c1-10-4-5-17(15(23)19-10)6-7-21(9-17)14(22)11-2-3-12-13(8-11)24-16(18)20-12/h2-3,8H,1,4-7,9H2,(H2,18,20)(H,19,23). The maximum atomic E-state index is 12.8. The van der Waals surface area contributed by atoms with Crippen molar-refractivity contribution in [2.75, 3.05) is 18.8 Å². The Morgan fingerprint density at radius 1 is 1.42 bits per heavy atom. The van der Waals surface area contributed by atoms with Gasteiger partial charge in [-0.25, -0.2) is 4.98 Å². The summed E-state index contributed by atoms with van der Waals surface area (Å²) in [5.74, 6) is -0.0438. The van der Waals surface area contributed by atoms with E-state index < -0.39 is 5.41 Å². The number of piperidine rings is 1. The Morgan fingerprint density at radius 3 is 3.04 bits per heavy atom. The van der Waals surface area contributed by atoms with Crippen LogP contribution in [0, 0.1) is 5.41 Å². The Labute approximate surface area is 143 Å². The number of likely N-dealkylation sites (tertiary alicyclic amines) is 1. The molecule has 2 aromatic rings. The van der Waals surface area contributed by atoms with Gasteiger partial charge in [-0.3, -0.25) is 9.59 Å². The predicted octanol–water partition coefficient (Wildman–Crippen LogP) is 2.13. The highest BCUT2D eigenvalue weighted by Crippen LogP contribution is 2.39. The molecule has 0 aliphatic carbocycles. The van der Waals surface area contributed by atoms with E-state index in [1.807, 2.05) is 12.1 Å². The number of nitrogens with zero attached hydrogens (tertiary/aromatic N) is 2. The number of fused-ring (bicyclic) bond motifs is 1. The Balaban J connectivity index is 1.56. The number of allylic oxidation sites excluding steroid dienone is 1. The summed E-state index contributed by atoms with van der Waals surface area (Å²) in [7, 11) is 0. The lowest BCUT2D eigenvalue weighted by Crippen LogP contribution is -2.46. The normalized spacial score (nSPS) is 23.9. The molecule has 1 atom stereocenters. The number of carbonyl (C=O) groups excluding carboxylic acids is 2. The van der Waals surface area contributed by atoms with Crippen LogP contribution in [0.1, 0.15) is 29.6 Å². The van der Waals surface area contributed by atoms with Gasteiger partial charge < -0.3 is 16.0 Å². The monoisotopic (exact) mass is 342 g/mol. The lowest BCUT2D eigenvalue weighted by molar-refractivity contribution is -0.131. The largest absolute Gasteiger partial charge is 0.375 e. The van der Waals surface area contributed by atoms with Gasteiger partial charge in [0.25, 0.3) is 5.91 Å². The molecule has 0 radical (unpaired) electrons. The molecule has 6 nitrogen and oxygen atoms in total. The molecule has 1 aromatic carbocycles. The molecular formula is C17H18N4O2S. The average Bonchev–Trinajstić information content (AvgIpc) is 3.13. The highest BCUT2D eigenvalue weighted by molar-refractivity contribution is 7.22. The smallest absolute Gasteiger partial charge is 0.253 e. The van der Waals surface area contributed by atoms with Gasteiger partial charge in [-0.2, -0.15) is 0 Å². The van der Waals surface area contributed by atoms with Gasteiger partial charge >= 0.3 is 0 Å². The summed E-state index contributed by atoms with van der Waals surface area (Å²) in [6.07, 6.45) is 2.24. The van der Waals surface area contributed by atoms with Crippen LogP contribution in [-0.4, -0.2) is 34.8 Å². The third-order valence-corrected chi connectivity index (χ3v) is 5.82. The molecule has 2 aliphatic rings. The minimum absolute atomic E-state index is 0.000248. The first-order chi connectivity index (χ1) is 11.5. The van der Waals surface area contributed by atoms with Crippen molar-refractivity contribution in [1.29, 1.82) is 0 Å². The summed E-state index contributed by atoms with van der Waals surface area (Å²) in [5, 5.41) is 3.34. The van der Waals surface area contributed by atoms with Crippen molar-refractivity contribution in [3.05, 3.63) is 36.0 Å². The van der Waals surface area contributed by atoms with E-state index in [0.29, 0.717) is 30.2 Å². The van der Waals surface area contributed by atoms with Gasteiger partial charge in [-0.1, -0.05) is 17.9 Å². The second kappa shape index (κ2) is 5.31. The number of carbonyl (C=O) groups is 2. The summed E-state index contributed by atoms with van der Waals surface area (Å²) in [5.41, 5.74) is 7.44. The summed E-state index contributed by atoms with van der Waals surface area (Å²) in [4.78, 5) is 31.2. The Kier molecular flexibility index (Phi) is 3.35. The molecule has 4 rings (SSSR count). The van der Waals surface area contributed by atoms with Gasteiger partial charge in [0.2, 0.25) is 5.91 Å². The number of hydrogen-bond acceptors (Lipinski definition) is 5. The average molecular weight is 342 g/mol. The van der Waals surface area contributed by atoms with Crippen LogP contribution in [0.4, 0.5) is 5.13 Å². The predicted molar refractivity (Wildman–Crippen MR) is 93.5 cm³/mol. The maximum Gasteiger partial charge on any atom is 0.253 e. The van der Waals surface area contributed by atoms with E-state index in [0.717, 1.165) is 28.8 Å². The van der Waals surface area contributed by atoms with Gasteiger partial charge in [-0.05, 0) is 37.5 Å². The number of nitrogens with one attached hydrogen (secondary N) is 1. The molecule has 2 fully saturated rings. The lowest BCUT2D eigenvalue weighted by Gasteiger charge is -2.33. The van der Waals surface area contributed by atoms with Crippen LogP contribution in [0.15, 0.2) is 30.5 Å². The molecule has 1 unspecified atom stereocenters. The van der Waals surface area contributed by atoms with Gasteiger partial charge in [-0.15, -0.1) is 0 Å². The molecule has 1 aromatic heterocycles. The van der Waals surface area contributed by atoms with Crippen molar-refractivity contribution in [2.45, 2.75) is 19.3 Å². The molecule has 1 spiro atoms. The van der Waals surface area contributed by atoms with Gasteiger partial charge in [0.1, 0.15) is 0 Å².